The zero-order chi connectivity index (χ0) is 12.5. The van der Waals surface area contributed by atoms with Crippen LogP contribution in [0.3, 0.4) is 0 Å². The Morgan fingerprint density at radius 1 is 1.11 bits per heavy atom. The maximum atomic E-state index is 11.9. The highest BCUT2D eigenvalue weighted by atomic mass is 32.1. The van der Waals surface area contributed by atoms with Crippen LogP contribution in [0.2, 0.25) is 0 Å². The maximum absolute atomic E-state index is 11.9. The number of esters is 1. The molecule has 0 amide bonds. The molecule has 90 valence electrons. The largest absolute Gasteiger partial charge is 0.462 e. The molecule has 3 rings (SSSR count). The number of fused-ring (bicyclic) bond motifs is 3. The summed E-state index contributed by atoms with van der Waals surface area (Å²) in [6, 6.07) is 14.0. The molecule has 0 unspecified atom stereocenters. The lowest BCUT2D eigenvalue weighted by molar-refractivity contribution is 0.0529. The number of hydrogen-bond acceptors (Lipinski definition) is 3. The van der Waals surface area contributed by atoms with E-state index in [1.54, 1.807) is 11.3 Å². The molecule has 0 spiro atoms. The van der Waals surface area contributed by atoms with E-state index in [0.717, 1.165) is 10.1 Å². The average Bonchev–Trinajstić information content (AvgIpc) is 2.77. The summed E-state index contributed by atoms with van der Waals surface area (Å²) in [5.74, 6) is -0.241. The van der Waals surface area contributed by atoms with Crippen LogP contribution >= 0.6 is 11.3 Å². The highest BCUT2D eigenvalue weighted by Crippen LogP contribution is 2.35. The van der Waals surface area contributed by atoms with Gasteiger partial charge in [-0.2, -0.15) is 0 Å². The zero-order valence-electron chi connectivity index (χ0n) is 9.97. The Bertz CT molecular complexity index is 728. The van der Waals surface area contributed by atoms with Crippen molar-refractivity contribution in [1.82, 2.24) is 0 Å². The van der Waals surface area contributed by atoms with Crippen molar-refractivity contribution in [2.24, 2.45) is 0 Å². The van der Waals surface area contributed by atoms with Gasteiger partial charge in [0.1, 0.15) is 0 Å². The molecule has 18 heavy (non-hydrogen) atoms. The molecule has 0 fully saturated rings. The van der Waals surface area contributed by atoms with E-state index in [1.807, 2.05) is 31.2 Å². The summed E-state index contributed by atoms with van der Waals surface area (Å²) in [6.07, 6.45) is 0. The molecule has 1 aromatic heterocycles. The van der Waals surface area contributed by atoms with Crippen molar-refractivity contribution in [3.8, 4) is 0 Å². The van der Waals surface area contributed by atoms with Crippen molar-refractivity contribution in [3.63, 3.8) is 0 Å². The van der Waals surface area contributed by atoms with Gasteiger partial charge in [-0.3, -0.25) is 0 Å². The number of rotatable bonds is 2. The molecule has 0 saturated heterocycles. The first-order chi connectivity index (χ1) is 8.81. The van der Waals surface area contributed by atoms with Crippen LogP contribution in [0.15, 0.2) is 42.5 Å². The van der Waals surface area contributed by atoms with Gasteiger partial charge in [-0.1, -0.05) is 30.3 Å². The number of carbonyl (C=O) groups excluding carboxylic acids is 1. The van der Waals surface area contributed by atoms with Crippen molar-refractivity contribution in [2.45, 2.75) is 6.92 Å². The molecular formula is C15H12O2S. The van der Waals surface area contributed by atoms with Crippen LogP contribution in [-0.4, -0.2) is 12.6 Å². The molecule has 0 saturated carbocycles. The molecule has 3 aromatic rings. The van der Waals surface area contributed by atoms with Crippen LogP contribution in [0.25, 0.3) is 20.2 Å². The van der Waals surface area contributed by atoms with Crippen LogP contribution in [0.4, 0.5) is 0 Å². The van der Waals surface area contributed by atoms with Gasteiger partial charge in [0.15, 0.2) is 0 Å². The second-order valence-corrected chi connectivity index (χ2v) is 5.05. The van der Waals surface area contributed by atoms with Crippen LogP contribution in [0, 0.1) is 0 Å². The fraction of sp³-hybridized carbons (Fsp3) is 0.133. The van der Waals surface area contributed by atoms with Crippen molar-refractivity contribution < 1.29 is 9.53 Å². The highest BCUT2D eigenvalue weighted by Gasteiger charge is 2.14. The molecule has 0 atom stereocenters. The van der Waals surface area contributed by atoms with Gasteiger partial charge in [0.05, 0.1) is 16.9 Å². The summed E-state index contributed by atoms with van der Waals surface area (Å²) in [6.45, 7) is 2.23. The zero-order valence-corrected chi connectivity index (χ0v) is 10.8. The van der Waals surface area contributed by atoms with Gasteiger partial charge in [0, 0.05) is 15.5 Å². The van der Waals surface area contributed by atoms with Gasteiger partial charge < -0.3 is 4.74 Å². The summed E-state index contributed by atoms with van der Waals surface area (Å²) >= 11 is 1.64. The van der Waals surface area contributed by atoms with Crippen LogP contribution in [-0.2, 0) is 4.74 Å². The molecule has 0 aliphatic rings. The third-order valence-corrected chi connectivity index (χ3v) is 4.12. The smallest absolute Gasteiger partial charge is 0.339 e. The predicted molar refractivity (Wildman–Crippen MR) is 75.3 cm³/mol. The molecule has 3 heteroatoms. The van der Waals surface area contributed by atoms with E-state index in [0.29, 0.717) is 12.2 Å². The standard InChI is InChI=1S/C15H12O2S/c1-2-17-15(16)12-8-5-7-11-10-6-3-4-9-13(10)18-14(11)12/h3-9H,2H2,1H3. The van der Waals surface area contributed by atoms with E-state index >= 15 is 0 Å². The Morgan fingerprint density at radius 2 is 1.89 bits per heavy atom. The number of thiophene rings is 1. The topological polar surface area (TPSA) is 26.3 Å². The van der Waals surface area contributed by atoms with Crippen LogP contribution < -0.4 is 0 Å². The lowest BCUT2D eigenvalue weighted by Crippen LogP contribution is -2.04. The minimum atomic E-state index is -0.241. The second-order valence-electron chi connectivity index (χ2n) is 4.00. The van der Waals surface area contributed by atoms with E-state index < -0.39 is 0 Å². The monoisotopic (exact) mass is 256 g/mol. The van der Waals surface area contributed by atoms with Crippen molar-refractivity contribution in [3.05, 3.63) is 48.0 Å². The molecular weight excluding hydrogens is 244 g/mol. The highest BCUT2D eigenvalue weighted by molar-refractivity contribution is 7.26. The van der Waals surface area contributed by atoms with Gasteiger partial charge in [0.25, 0.3) is 0 Å². The van der Waals surface area contributed by atoms with Crippen molar-refractivity contribution >= 4 is 37.5 Å². The molecule has 0 aliphatic heterocycles. The predicted octanol–water partition coefficient (Wildman–Crippen LogP) is 4.23. The Labute approximate surface area is 109 Å². The van der Waals surface area contributed by atoms with E-state index in [2.05, 4.69) is 18.2 Å². The summed E-state index contributed by atoms with van der Waals surface area (Å²) in [5.41, 5.74) is 0.663. The first kappa shape index (κ1) is 11.2. The third-order valence-electron chi connectivity index (χ3n) is 2.90. The minimum absolute atomic E-state index is 0.241. The first-order valence-corrected chi connectivity index (χ1v) is 6.70. The molecule has 0 radical (unpaired) electrons. The lowest BCUT2D eigenvalue weighted by Gasteiger charge is -2.02. The molecule has 2 aromatic carbocycles. The van der Waals surface area contributed by atoms with E-state index in [-0.39, 0.29) is 5.97 Å². The quantitative estimate of drug-likeness (QED) is 0.641. The van der Waals surface area contributed by atoms with Gasteiger partial charge >= 0.3 is 5.97 Å². The molecule has 2 nitrogen and oxygen atoms in total. The fourth-order valence-electron chi connectivity index (χ4n) is 2.12. The molecule has 0 bridgehead atoms. The van der Waals surface area contributed by atoms with E-state index in [9.17, 15) is 4.79 Å². The Morgan fingerprint density at radius 3 is 2.72 bits per heavy atom. The molecule has 0 N–H and O–H groups in total. The minimum Gasteiger partial charge on any atom is -0.462 e. The Hall–Kier alpha value is -1.87. The lowest BCUT2D eigenvalue weighted by atomic mass is 10.1. The molecule has 0 aliphatic carbocycles. The summed E-state index contributed by atoms with van der Waals surface area (Å²) < 4.78 is 7.31. The molecule has 1 heterocycles. The normalized spacial score (nSPS) is 10.9. The summed E-state index contributed by atoms with van der Waals surface area (Å²) in [4.78, 5) is 11.9. The first-order valence-electron chi connectivity index (χ1n) is 5.88. The Balaban J connectivity index is 2.31. The average molecular weight is 256 g/mol. The number of carbonyl (C=O) groups is 1. The van der Waals surface area contributed by atoms with Crippen molar-refractivity contribution in [2.75, 3.05) is 6.61 Å². The van der Waals surface area contributed by atoms with Gasteiger partial charge in [-0.15, -0.1) is 11.3 Å². The number of ether oxygens (including phenoxy) is 1. The fourth-order valence-corrected chi connectivity index (χ4v) is 3.32. The van der Waals surface area contributed by atoms with E-state index in [4.69, 9.17) is 4.74 Å². The van der Waals surface area contributed by atoms with Gasteiger partial charge in [-0.25, -0.2) is 4.79 Å². The van der Waals surface area contributed by atoms with E-state index in [1.165, 1.54) is 10.1 Å². The SMILES string of the molecule is CCOC(=O)c1cccc2c1sc1ccccc12. The number of benzene rings is 2. The van der Waals surface area contributed by atoms with Crippen LogP contribution in [0.1, 0.15) is 17.3 Å². The summed E-state index contributed by atoms with van der Waals surface area (Å²) in [7, 11) is 0. The van der Waals surface area contributed by atoms with Crippen molar-refractivity contribution in [1.29, 1.82) is 0 Å². The van der Waals surface area contributed by atoms with Gasteiger partial charge in [-0.05, 0) is 19.1 Å². The van der Waals surface area contributed by atoms with Gasteiger partial charge in [0.2, 0.25) is 0 Å². The second kappa shape index (κ2) is 4.42. The number of hydrogen-bond donors (Lipinski definition) is 0. The maximum Gasteiger partial charge on any atom is 0.339 e. The van der Waals surface area contributed by atoms with Crippen LogP contribution in [0.5, 0.6) is 0 Å². The third kappa shape index (κ3) is 1.68. The summed E-state index contributed by atoms with van der Waals surface area (Å²) in [5, 5.41) is 2.32. The Kier molecular flexibility index (Phi) is 2.76.